The monoisotopic (exact) mass is 602 g/mol. The van der Waals surface area contributed by atoms with Crippen molar-refractivity contribution in [2.24, 2.45) is 5.10 Å². The summed E-state index contributed by atoms with van der Waals surface area (Å²) in [5.41, 5.74) is 3.25. The van der Waals surface area contributed by atoms with Gasteiger partial charge in [-0.15, -0.1) is 0 Å². The van der Waals surface area contributed by atoms with E-state index in [-0.39, 0.29) is 5.75 Å². The zero-order valence-electron chi connectivity index (χ0n) is 21.7. The van der Waals surface area contributed by atoms with E-state index in [2.05, 4.69) is 26.5 Å². The quantitative estimate of drug-likeness (QED) is 0.0663. The van der Waals surface area contributed by atoms with Gasteiger partial charge in [0.2, 0.25) is 0 Å². The number of esters is 1. The standard InChI is InChI=1S/C31H27BrN2O6/c1-2-19-37-25-16-13-22(14-17-25)30(36)40-28-18-15-24(32)20-23(28)21-33-34-29(35)31(38-26-9-5-3-6-10-26)39-27-11-7-4-8-12-27/h3-18,20-21,31H,2,19H2,1H3,(H,34,35)/b33-21+. The van der Waals surface area contributed by atoms with Crippen molar-refractivity contribution in [2.75, 3.05) is 6.61 Å². The maximum Gasteiger partial charge on any atom is 0.343 e. The van der Waals surface area contributed by atoms with E-state index in [0.29, 0.717) is 35.0 Å². The van der Waals surface area contributed by atoms with Crippen molar-refractivity contribution in [3.63, 3.8) is 0 Å². The second-order valence-corrected chi connectivity index (χ2v) is 9.29. The molecule has 1 amide bonds. The number of rotatable bonds is 12. The van der Waals surface area contributed by atoms with Crippen molar-refractivity contribution in [1.29, 1.82) is 0 Å². The van der Waals surface area contributed by atoms with Gasteiger partial charge in [-0.05, 0) is 73.2 Å². The molecule has 0 saturated heterocycles. The van der Waals surface area contributed by atoms with Crippen molar-refractivity contribution in [1.82, 2.24) is 5.43 Å². The summed E-state index contributed by atoms with van der Waals surface area (Å²) in [6.07, 6.45) is 0.944. The third-order valence-corrected chi connectivity index (χ3v) is 5.80. The number of carbonyl (C=O) groups excluding carboxylic acids is 2. The largest absolute Gasteiger partial charge is 0.494 e. The zero-order valence-corrected chi connectivity index (χ0v) is 23.2. The molecule has 0 saturated carbocycles. The molecule has 40 heavy (non-hydrogen) atoms. The van der Waals surface area contributed by atoms with Crippen LogP contribution in [0.2, 0.25) is 0 Å². The zero-order chi connectivity index (χ0) is 28.2. The van der Waals surface area contributed by atoms with Crippen LogP contribution in [0.1, 0.15) is 29.3 Å². The molecule has 0 spiro atoms. The summed E-state index contributed by atoms with van der Waals surface area (Å²) in [5, 5.41) is 4.05. The summed E-state index contributed by atoms with van der Waals surface area (Å²) >= 11 is 3.41. The maximum atomic E-state index is 13.0. The fraction of sp³-hybridized carbons (Fsp3) is 0.129. The second kappa shape index (κ2) is 14.5. The van der Waals surface area contributed by atoms with E-state index in [1.807, 2.05) is 19.1 Å². The predicted molar refractivity (Wildman–Crippen MR) is 155 cm³/mol. The number of amides is 1. The molecule has 0 radical (unpaired) electrons. The van der Waals surface area contributed by atoms with Gasteiger partial charge in [0.25, 0.3) is 0 Å². The van der Waals surface area contributed by atoms with E-state index in [1.54, 1.807) is 91.0 Å². The van der Waals surface area contributed by atoms with E-state index in [0.717, 1.165) is 10.9 Å². The number of carbonyl (C=O) groups is 2. The topological polar surface area (TPSA) is 95.5 Å². The number of para-hydroxylation sites is 2. The van der Waals surface area contributed by atoms with Crippen LogP contribution in [-0.2, 0) is 4.79 Å². The Morgan fingerprint density at radius 1 is 0.850 bits per heavy atom. The number of benzene rings is 4. The van der Waals surface area contributed by atoms with Crippen molar-refractivity contribution < 1.29 is 28.5 Å². The molecule has 0 aromatic heterocycles. The van der Waals surface area contributed by atoms with E-state index in [9.17, 15) is 9.59 Å². The minimum atomic E-state index is -1.31. The van der Waals surface area contributed by atoms with Crippen LogP contribution in [0, 0.1) is 0 Å². The van der Waals surface area contributed by atoms with Gasteiger partial charge >= 0.3 is 18.2 Å². The van der Waals surface area contributed by atoms with Crippen LogP contribution >= 0.6 is 15.9 Å². The highest BCUT2D eigenvalue weighted by Gasteiger charge is 2.22. The summed E-state index contributed by atoms with van der Waals surface area (Å²) in [6.45, 7) is 2.62. The Bertz CT molecular complexity index is 1390. The lowest BCUT2D eigenvalue weighted by molar-refractivity contribution is -0.140. The number of hydrogen-bond acceptors (Lipinski definition) is 7. The Labute approximate surface area is 240 Å². The molecule has 0 unspecified atom stereocenters. The van der Waals surface area contributed by atoms with Crippen molar-refractivity contribution in [2.45, 2.75) is 19.6 Å². The van der Waals surface area contributed by atoms with Gasteiger partial charge in [0.05, 0.1) is 18.4 Å². The SMILES string of the molecule is CCCOc1ccc(C(=O)Oc2ccc(Br)cc2/C=N/NC(=O)C(Oc2ccccc2)Oc2ccccc2)cc1. The molecule has 1 N–H and O–H groups in total. The number of nitrogens with zero attached hydrogens (tertiary/aromatic N) is 1. The van der Waals surface area contributed by atoms with Gasteiger partial charge in [0.1, 0.15) is 23.0 Å². The number of hydrazone groups is 1. The van der Waals surface area contributed by atoms with Gasteiger partial charge < -0.3 is 18.9 Å². The third kappa shape index (κ3) is 8.44. The molecule has 204 valence electrons. The first-order valence-electron chi connectivity index (χ1n) is 12.5. The molecule has 0 bridgehead atoms. The Morgan fingerprint density at radius 2 is 1.48 bits per heavy atom. The van der Waals surface area contributed by atoms with E-state index < -0.39 is 18.2 Å². The Hall–Kier alpha value is -4.63. The normalized spacial score (nSPS) is 10.8. The highest BCUT2D eigenvalue weighted by molar-refractivity contribution is 9.10. The smallest absolute Gasteiger partial charge is 0.343 e. The van der Waals surface area contributed by atoms with Crippen LogP contribution < -0.4 is 24.4 Å². The fourth-order valence-corrected chi connectivity index (χ4v) is 3.75. The third-order valence-electron chi connectivity index (χ3n) is 5.30. The van der Waals surface area contributed by atoms with Gasteiger partial charge in [-0.1, -0.05) is 59.3 Å². The Balaban J connectivity index is 1.44. The molecule has 4 rings (SSSR count). The Morgan fingerprint density at radius 3 is 2.08 bits per heavy atom. The maximum absolute atomic E-state index is 13.0. The molecule has 0 atom stereocenters. The molecular formula is C31H27BrN2O6. The minimum Gasteiger partial charge on any atom is -0.494 e. The van der Waals surface area contributed by atoms with E-state index >= 15 is 0 Å². The van der Waals surface area contributed by atoms with Crippen molar-refractivity contribution in [3.05, 3.63) is 119 Å². The fourth-order valence-electron chi connectivity index (χ4n) is 3.37. The van der Waals surface area contributed by atoms with E-state index in [4.69, 9.17) is 18.9 Å². The highest BCUT2D eigenvalue weighted by atomic mass is 79.9. The molecule has 0 fully saturated rings. The van der Waals surface area contributed by atoms with Gasteiger partial charge in [-0.2, -0.15) is 5.10 Å². The minimum absolute atomic E-state index is 0.259. The van der Waals surface area contributed by atoms with Crippen LogP contribution in [0.15, 0.2) is 113 Å². The average Bonchev–Trinajstić information content (AvgIpc) is 2.98. The average molecular weight is 603 g/mol. The lowest BCUT2D eigenvalue weighted by Crippen LogP contribution is -2.40. The summed E-state index contributed by atoms with van der Waals surface area (Å²) in [4.78, 5) is 25.7. The summed E-state index contributed by atoms with van der Waals surface area (Å²) in [5.74, 6) is 0.660. The molecule has 0 heterocycles. The van der Waals surface area contributed by atoms with E-state index in [1.165, 1.54) is 6.21 Å². The number of halogens is 1. The van der Waals surface area contributed by atoms with Crippen molar-refractivity contribution in [3.8, 4) is 23.0 Å². The molecule has 0 aliphatic heterocycles. The number of ether oxygens (including phenoxy) is 4. The van der Waals surface area contributed by atoms with Gasteiger partial charge in [0, 0.05) is 10.0 Å². The molecule has 4 aromatic carbocycles. The molecule has 0 aliphatic carbocycles. The van der Waals surface area contributed by atoms with Crippen LogP contribution in [0.5, 0.6) is 23.0 Å². The van der Waals surface area contributed by atoms with Crippen molar-refractivity contribution >= 4 is 34.0 Å². The van der Waals surface area contributed by atoms with Crippen LogP contribution in [0.4, 0.5) is 0 Å². The number of hydrogen-bond donors (Lipinski definition) is 1. The molecule has 9 heteroatoms. The first kappa shape index (κ1) is 28.4. The lowest BCUT2D eigenvalue weighted by Gasteiger charge is -2.18. The van der Waals surface area contributed by atoms with Gasteiger partial charge in [-0.3, -0.25) is 4.79 Å². The second-order valence-electron chi connectivity index (χ2n) is 8.37. The highest BCUT2D eigenvalue weighted by Crippen LogP contribution is 2.23. The van der Waals surface area contributed by atoms with Crippen LogP contribution in [0.3, 0.4) is 0 Å². The van der Waals surface area contributed by atoms with Crippen LogP contribution in [-0.4, -0.2) is 31.0 Å². The van der Waals surface area contributed by atoms with Gasteiger partial charge in [-0.25, -0.2) is 10.2 Å². The molecule has 0 aliphatic rings. The van der Waals surface area contributed by atoms with Crippen LogP contribution in [0.25, 0.3) is 0 Å². The summed E-state index contributed by atoms with van der Waals surface area (Å²) < 4.78 is 23.4. The summed E-state index contributed by atoms with van der Waals surface area (Å²) in [6, 6.07) is 29.5. The first-order chi connectivity index (χ1) is 19.5. The summed E-state index contributed by atoms with van der Waals surface area (Å²) in [7, 11) is 0. The molecular weight excluding hydrogens is 576 g/mol. The predicted octanol–water partition coefficient (Wildman–Crippen LogP) is 6.39. The molecule has 4 aromatic rings. The lowest BCUT2D eigenvalue weighted by atomic mass is 10.2. The molecule has 8 nitrogen and oxygen atoms in total. The van der Waals surface area contributed by atoms with Gasteiger partial charge in [0.15, 0.2) is 0 Å². The number of nitrogens with one attached hydrogen (secondary N) is 1. The first-order valence-corrected chi connectivity index (χ1v) is 13.3. The Kier molecular flexibility index (Phi) is 10.3.